The molecule has 0 unspecified atom stereocenters. The van der Waals surface area contributed by atoms with Gasteiger partial charge in [0.1, 0.15) is 11.6 Å². The summed E-state index contributed by atoms with van der Waals surface area (Å²) in [4.78, 5) is 3.07. The number of aromatic amines is 1. The van der Waals surface area contributed by atoms with Crippen LogP contribution in [0.2, 0.25) is 10.0 Å². The zero-order valence-electron chi connectivity index (χ0n) is 12.8. The van der Waals surface area contributed by atoms with Crippen LogP contribution in [0.3, 0.4) is 0 Å². The fraction of sp³-hybridized carbons (Fsp3) is 0.222. The van der Waals surface area contributed by atoms with E-state index in [1.165, 1.54) is 6.07 Å². The van der Waals surface area contributed by atoms with Crippen LogP contribution in [0.5, 0.6) is 0 Å². The summed E-state index contributed by atoms with van der Waals surface area (Å²) in [6.45, 7) is 0.577. The van der Waals surface area contributed by atoms with Gasteiger partial charge >= 0.3 is 0 Å². The van der Waals surface area contributed by atoms with E-state index in [0.29, 0.717) is 33.9 Å². The molecule has 0 aliphatic carbocycles. The van der Waals surface area contributed by atoms with Crippen molar-refractivity contribution in [3.8, 4) is 11.3 Å². The first-order valence-corrected chi connectivity index (χ1v) is 8.42. The fourth-order valence-corrected chi connectivity index (χ4v) is 3.18. The third-order valence-corrected chi connectivity index (χ3v) is 4.76. The molecule has 0 saturated carbocycles. The molecule has 6 heteroatoms. The highest BCUT2D eigenvalue weighted by molar-refractivity contribution is 6.42. The van der Waals surface area contributed by atoms with Crippen LogP contribution in [0.15, 0.2) is 30.3 Å². The third-order valence-electron chi connectivity index (χ3n) is 4.02. The Hall–Kier alpha value is -1.62. The molecule has 0 aliphatic heterocycles. The van der Waals surface area contributed by atoms with Gasteiger partial charge in [-0.3, -0.25) is 0 Å². The van der Waals surface area contributed by atoms with Gasteiger partial charge in [0.25, 0.3) is 0 Å². The number of halogens is 4. The minimum Gasteiger partial charge on any atom is -0.352 e. The maximum atomic E-state index is 14.1. The van der Waals surface area contributed by atoms with Gasteiger partial charge in [-0.2, -0.15) is 0 Å². The van der Waals surface area contributed by atoms with Crippen molar-refractivity contribution in [3.63, 3.8) is 0 Å². The molecule has 0 amide bonds. The Kier molecular flexibility index (Phi) is 5.09. The van der Waals surface area contributed by atoms with Gasteiger partial charge in [0, 0.05) is 17.1 Å². The Balaban J connectivity index is 2.19. The number of hydrogen-bond donors (Lipinski definition) is 2. The second-order valence-corrected chi connectivity index (χ2v) is 6.48. The quantitative estimate of drug-likeness (QED) is 0.557. The molecule has 3 rings (SSSR count). The van der Waals surface area contributed by atoms with Crippen molar-refractivity contribution in [3.05, 3.63) is 57.6 Å². The van der Waals surface area contributed by atoms with Crippen LogP contribution in [-0.4, -0.2) is 11.5 Å². The predicted octanol–water partition coefficient (Wildman–Crippen LogP) is 5.70. The Morgan fingerprint density at radius 3 is 2.50 bits per heavy atom. The Labute approximate surface area is 148 Å². The van der Waals surface area contributed by atoms with Crippen molar-refractivity contribution in [2.24, 2.45) is 5.73 Å². The predicted molar refractivity (Wildman–Crippen MR) is 95.7 cm³/mol. The van der Waals surface area contributed by atoms with E-state index in [-0.39, 0.29) is 0 Å². The number of hydrogen-bond acceptors (Lipinski definition) is 1. The first kappa shape index (κ1) is 17.2. The van der Waals surface area contributed by atoms with E-state index >= 15 is 0 Å². The molecule has 0 aliphatic rings. The smallest absolute Gasteiger partial charge is 0.150 e. The fourth-order valence-electron chi connectivity index (χ4n) is 2.88. The maximum absolute atomic E-state index is 14.1. The third kappa shape index (κ3) is 3.27. The number of aryl methyl sites for hydroxylation is 1. The highest BCUT2D eigenvalue weighted by atomic mass is 35.5. The number of aromatic nitrogens is 1. The van der Waals surface area contributed by atoms with E-state index in [0.717, 1.165) is 35.7 Å². The van der Waals surface area contributed by atoms with E-state index in [9.17, 15) is 8.78 Å². The summed E-state index contributed by atoms with van der Waals surface area (Å²) in [7, 11) is 0. The highest BCUT2D eigenvalue weighted by Crippen LogP contribution is 2.35. The molecule has 24 heavy (non-hydrogen) atoms. The van der Waals surface area contributed by atoms with E-state index in [4.69, 9.17) is 28.9 Å². The Morgan fingerprint density at radius 2 is 1.79 bits per heavy atom. The number of benzene rings is 2. The van der Waals surface area contributed by atoms with Crippen LogP contribution in [-0.2, 0) is 6.42 Å². The monoisotopic (exact) mass is 368 g/mol. The number of fused-ring (bicyclic) bond motifs is 1. The van der Waals surface area contributed by atoms with Crippen molar-refractivity contribution < 1.29 is 8.78 Å². The maximum Gasteiger partial charge on any atom is 0.150 e. The van der Waals surface area contributed by atoms with Crippen molar-refractivity contribution in [2.45, 2.75) is 19.3 Å². The lowest BCUT2D eigenvalue weighted by Crippen LogP contribution is -1.99. The van der Waals surface area contributed by atoms with Crippen molar-refractivity contribution >= 4 is 34.1 Å². The standard InChI is InChI=1S/C18H16Cl2F2N2/c19-14-5-4-10(7-15(14)20)17-12(3-1-2-6-23)13-8-11(21)9-16(22)18(13)24-17/h4-5,7-9,24H,1-3,6,23H2. The van der Waals surface area contributed by atoms with Gasteiger partial charge in [0.2, 0.25) is 0 Å². The minimum absolute atomic E-state index is 0.292. The van der Waals surface area contributed by atoms with Gasteiger partial charge in [-0.15, -0.1) is 0 Å². The molecule has 0 bridgehead atoms. The average molecular weight is 369 g/mol. The summed E-state index contributed by atoms with van der Waals surface area (Å²) in [6, 6.07) is 7.44. The molecule has 2 nitrogen and oxygen atoms in total. The van der Waals surface area contributed by atoms with E-state index in [1.54, 1.807) is 18.2 Å². The van der Waals surface area contributed by atoms with E-state index in [2.05, 4.69) is 4.98 Å². The van der Waals surface area contributed by atoms with Crippen LogP contribution < -0.4 is 5.73 Å². The largest absolute Gasteiger partial charge is 0.352 e. The molecule has 1 aromatic heterocycles. The first-order chi connectivity index (χ1) is 11.5. The molecule has 1 heterocycles. The van der Waals surface area contributed by atoms with Crippen LogP contribution in [0.1, 0.15) is 18.4 Å². The van der Waals surface area contributed by atoms with Crippen molar-refractivity contribution in [2.75, 3.05) is 6.54 Å². The van der Waals surface area contributed by atoms with Gasteiger partial charge in [0.15, 0.2) is 0 Å². The van der Waals surface area contributed by atoms with Gasteiger partial charge in [-0.1, -0.05) is 29.3 Å². The summed E-state index contributed by atoms with van der Waals surface area (Å²) < 4.78 is 27.8. The number of rotatable bonds is 5. The second-order valence-electron chi connectivity index (χ2n) is 5.66. The molecule has 126 valence electrons. The first-order valence-electron chi connectivity index (χ1n) is 7.66. The molecule has 0 saturated heterocycles. The molecule has 3 N–H and O–H groups in total. The number of H-pyrrole nitrogens is 1. The number of nitrogens with one attached hydrogen (secondary N) is 1. The lowest BCUT2D eigenvalue weighted by molar-refractivity contribution is 0.591. The lowest BCUT2D eigenvalue weighted by atomic mass is 10.00. The van der Waals surface area contributed by atoms with Gasteiger partial charge in [-0.25, -0.2) is 8.78 Å². The van der Waals surface area contributed by atoms with Crippen LogP contribution >= 0.6 is 23.2 Å². The van der Waals surface area contributed by atoms with Gasteiger partial charge < -0.3 is 10.7 Å². The number of unbranched alkanes of at least 4 members (excludes halogenated alkanes) is 1. The molecule has 0 fully saturated rings. The molecule has 3 aromatic rings. The van der Waals surface area contributed by atoms with Gasteiger partial charge in [0.05, 0.1) is 15.6 Å². The minimum atomic E-state index is -0.614. The van der Waals surface area contributed by atoms with Crippen molar-refractivity contribution in [1.29, 1.82) is 0 Å². The molecular weight excluding hydrogens is 353 g/mol. The summed E-state index contributed by atoms with van der Waals surface area (Å²) >= 11 is 12.1. The van der Waals surface area contributed by atoms with Crippen LogP contribution in [0.4, 0.5) is 8.78 Å². The SMILES string of the molecule is NCCCCc1c(-c2ccc(Cl)c(Cl)c2)[nH]c2c(F)cc(F)cc12. The molecule has 0 spiro atoms. The summed E-state index contributed by atoms with van der Waals surface area (Å²) in [6.07, 6.45) is 2.33. The molecule has 0 atom stereocenters. The van der Waals surface area contributed by atoms with Crippen molar-refractivity contribution in [1.82, 2.24) is 4.98 Å². The zero-order valence-corrected chi connectivity index (χ0v) is 14.3. The van der Waals surface area contributed by atoms with E-state index in [1.807, 2.05) is 0 Å². The van der Waals surface area contributed by atoms with Crippen LogP contribution in [0, 0.1) is 11.6 Å². The Bertz CT molecular complexity index is 890. The molecular formula is C18H16Cl2F2N2. The Morgan fingerprint density at radius 1 is 1.00 bits per heavy atom. The summed E-state index contributed by atoms with van der Waals surface area (Å²) in [5.41, 5.74) is 8.21. The van der Waals surface area contributed by atoms with E-state index < -0.39 is 11.6 Å². The van der Waals surface area contributed by atoms with Gasteiger partial charge in [-0.05, 0) is 55.1 Å². The summed E-state index contributed by atoms with van der Waals surface area (Å²) in [5.74, 6) is -1.21. The normalized spacial score (nSPS) is 11.4. The van der Waals surface area contributed by atoms with Crippen LogP contribution in [0.25, 0.3) is 22.2 Å². The topological polar surface area (TPSA) is 41.8 Å². The average Bonchev–Trinajstić information content (AvgIpc) is 2.89. The number of nitrogens with two attached hydrogens (primary N) is 1. The molecule has 0 radical (unpaired) electrons. The zero-order chi connectivity index (χ0) is 17.3. The molecule has 2 aromatic carbocycles. The highest BCUT2D eigenvalue weighted by Gasteiger charge is 2.17. The summed E-state index contributed by atoms with van der Waals surface area (Å²) in [5, 5.41) is 1.40. The lowest BCUT2D eigenvalue weighted by Gasteiger charge is -2.06. The second kappa shape index (κ2) is 7.09.